The second-order valence-corrected chi connectivity index (χ2v) is 4.55. The van der Waals surface area contributed by atoms with Crippen molar-refractivity contribution in [2.75, 3.05) is 30.4 Å². The molecule has 0 saturated carbocycles. The van der Waals surface area contributed by atoms with E-state index in [2.05, 4.69) is 27.1 Å². The fourth-order valence-electron chi connectivity index (χ4n) is 2.20. The lowest BCUT2D eigenvalue weighted by atomic mass is 10.2. The van der Waals surface area contributed by atoms with Gasteiger partial charge in [-0.1, -0.05) is 19.8 Å². The van der Waals surface area contributed by atoms with Gasteiger partial charge in [-0.15, -0.1) is 0 Å². The zero-order valence-corrected chi connectivity index (χ0v) is 10.9. The third-order valence-corrected chi connectivity index (χ3v) is 3.27. The van der Waals surface area contributed by atoms with Gasteiger partial charge < -0.3 is 10.2 Å². The lowest BCUT2D eigenvalue weighted by Crippen LogP contribution is -2.26. The summed E-state index contributed by atoms with van der Waals surface area (Å²) >= 11 is 0. The van der Waals surface area contributed by atoms with Gasteiger partial charge in [0, 0.05) is 31.9 Å². The van der Waals surface area contributed by atoms with Crippen molar-refractivity contribution in [1.29, 1.82) is 0 Å². The molecule has 0 atom stereocenters. The highest BCUT2D eigenvalue weighted by Crippen LogP contribution is 2.18. The fourth-order valence-corrected chi connectivity index (χ4v) is 2.20. The van der Waals surface area contributed by atoms with Crippen LogP contribution in [-0.2, 0) is 6.42 Å². The van der Waals surface area contributed by atoms with Crippen molar-refractivity contribution in [3.05, 3.63) is 11.8 Å². The van der Waals surface area contributed by atoms with E-state index < -0.39 is 0 Å². The van der Waals surface area contributed by atoms with Crippen LogP contribution in [0.25, 0.3) is 0 Å². The van der Waals surface area contributed by atoms with Crippen LogP contribution in [0.3, 0.4) is 0 Å². The smallest absolute Gasteiger partial charge is 0.227 e. The average molecular weight is 234 g/mol. The van der Waals surface area contributed by atoms with Gasteiger partial charge in [0.25, 0.3) is 0 Å². The second kappa shape index (κ2) is 5.84. The quantitative estimate of drug-likeness (QED) is 0.872. The van der Waals surface area contributed by atoms with Gasteiger partial charge in [-0.25, -0.2) is 4.98 Å². The van der Waals surface area contributed by atoms with Crippen LogP contribution >= 0.6 is 0 Å². The summed E-state index contributed by atoms with van der Waals surface area (Å²) < 4.78 is 0. The van der Waals surface area contributed by atoms with Gasteiger partial charge >= 0.3 is 0 Å². The number of nitrogens with zero attached hydrogens (tertiary/aromatic N) is 3. The van der Waals surface area contributed by atoms with Crippen molar-refractivity contribution >= 4 is 11.8 Å². The Bertz CT molecular complexity index is 334. The largest absolute Gasteiger partial charge is 0.373 e. The van der Waals surface area contributed by atoms with Gasteiger partial charge in [0.1, 0.15) is 5.82 Å². The van der Waals surface area contributed by atoms with Crippen LogP contribution in [0.5, 0.6) is 0 Å². The second-order valence-electron chi connectivity index (χ2n) is 4.55. The van der Waals surface area contributed by atoms with E-state index in [1.807, 2.05) is 13.1 Å². The Morgan fingerprint density at radius 1 is 1.18 bits per heavy atom. The molecule has 94 valence electrons. The molecule has 1 saturated heterocycles. The van der Waals surface area contributed by atoms with Crippen LogP contribution in [0.2, 0.25) is 0 Å². The van der Waals surface area contributed by atoms with E-state index in [1.54, 1.807) is 0 Å². The minimum absolute atomic E-state index is 0.899. The highest BCUT2D eigenvalue weighted by atomic mass is 15.3. The van der Waals surface area contributed by atoms with Gasteiger partial charge in [0.15, 0.2) is 0 Å². The minimum atomic E-state index is 0.899. The number of hydrogen-bond donors (Lipinski definition) is 1. The Morgan fingerprint density at radius 2 is 1.88 bits per heavy atom. The average Bonchev–Trinajstić information content (AvgIpc) is 2.67. The first-order chi connectivity index (χ1) is 8.33. The summed E-state index contributed by atoms with van der Waals surface area (Å²) in [5, 5.41) is 3.12. The predicted octanol–water partition coefficient (Wildman–Crippen LogP) is 2.46. The number of nitrogens with one attached hydrogen (secondary N) is 1. The molecule has 0 spiro atoms. The Labute approximate surface area is 103 Å². The molecule has 1 aromatic rings. The van der Waals surface area contributed by atoms with Crippen molar-refractivity contribution in [3.8, 4) is 0 Å². The lowest BCUT2D eigenvalue weighted by Gasteiger charge is -2.21. The molecule has 1 aromatic heterocycles. The van der Waals surface area contributed by atoms with Crippen LogP contribution in [-0.4, -0.2) is 30.1 Å². The number of aryl methyl sites for hydroxylation is 1. The molecule has 17 heavy (non-hydrogen) atoms. The highest BCUT2D eigenvalue weighted by molar-refractivity contribution is 5.43. The molecule has 2 rings (SSSR count). The number of rotatable bonds is 3. The standard InChI is InChI=1S/C13H22N4/c1-3-11-10-12(14-2)16-13(15-11)17-8-6-4-5-7-9-17/h10H,3-9H2,1-2H3,(H,14,15,16). The predicted molar refractivity (Wildman–Crippen MR) is 71.6 cm³/mol. The summed E-state index contributed by atoms with van der Waals surface area (Å²) in [6.45, 7) is 4.32. The third kappa shape index (κ3) is 3.08. The molecule has 4 heteroatoms. The van der Waals surface area contributed by atoms with Crippen molar-refractivity contribution < 1.29 is 0 Å². The van der Waals surface area contributed by atoms with Gasteiger partial charge in [-0.3, -0.25) is 0 Å². The Morgan fingerprint density at radius 3 is 2.47 bits per heavy atom. The molecule has 1 N–H and O–H groups in total. The zero-order chi connectivity index (χ0) is 12.1. The van der Waals surface area contributed by atoms with Gasteiger partial charge in [-0.05, 0) is 19.3 Å². The molecular weight excluding hydrogens is 212 g/mol. The van der Waals surface area contributed by atoms with Crippen LogP contribution in [0.15, 0.2) is 6.07 Å². The Hall–Kier alpha value is -1.32. The molecule has 2 heterocycles. The van der Waals surface area contributed by atoms with Crippen molar-refractivity contribution in [2.45, 2.75) is 39.0 Å². The summed E-state index contributed by atoms with van der Waals surface area (Å²) in [4.78, 5) is 11.5. The van der Waals surface area contributed by atoms with E-state index in [0.29, 0.717) is 0 Å². The molecule has 1 fully saturated rings. The summed E-state index contributed by atoms with van der Waals surface area (Å²) in [7, 11) is 1.91. The Balaban J connectivity index is 2.22. The topological polar surface area (TPSA) is 41.1 Å². The maximum Gasteiger partial charge on any atom is 0.227 e. The molecule has 0 radical (unpaired) electrons. The van der Waals surface area contributed by atoms with Gasteiger partial charge in [0.05, 0.1) is 0 Å². The summed E-state index contributed by atoms with van der Waals surface area (Å²) in [5.41, 5.74) is 1.11. The Kier molecular flexibility index (Phi) is 4.18. The van der Waals surface area contributed by atoms with E-state index in [9.17, 15) is 0 Å². The van der Waals surface area contributed by atoms with E-state index in [4.69, 9.17) is 0 Å². The van der Waals surface area contributed by atoms with Crippen molar-refractivity contribution in [1.82, 2.24) is 9.97 Å². The van der Waals surface area contributed by atoms with Crippen molar-refractivity contribution in [3.63, 3.8) is 0 Å². The monoisotopic (exact) mass is 234 g/mol. The SMILES string of the molecule is CCc1cc(NC)nc(N2CCCCCC2)n1. The third-order valence-electron chi connectivity index (χ3n) is 3.27. The van der Waals surface area contributed by atoms with E-state index in [1.165, 1.54) is 25.7 Å². The molecule has 0 amide bonds. The number of anilines is 2. The van der Waals surface area contributed by atoms with E-state index in [0.717, 1.165) is 37.0 Å². The van der Waals surface area contributed by atoms with Crippen LogP contribution in [0, 0.1) is 0 Å². The van der Waals surface area contributed by atoms with Crippen LogP contribution in [0.4, 0.5) is 11.8 Å². The van der Waals surface area contributed by atoms with Crippen molar-refractivity contribution in [2.24, 2.45) is 0 Å². The van der Waals surface area contributed by atoms with E-state index in [-0.39, 0.29) is 0 Å². The summed E-state index contributed by atoms with van der Waals surface area (Å²) in [6.07, 6.45) is 6.15. The zero-order valence-electron chi connectivity index (χ0n) is 10.9. The molecule has 1 aliphatic heterocycles. The van der Waals surface area contributed by atoms with E-state index >= 15 is 0 Å². The minimum Gasteiger partial charge on any atom is -0.373 e. The number of hydrogen-bond acceptors (Lipinski definition) is 4. The molecule has 0 bridgehead atoms. The fraction of sp³-hybridized carbons (Fsp3) is 0.692. The van der Waals surface area contributed by atoms with Crippen LogP contribution < -0.4 is 10.2 Å². The lowest BCUT2D eigenvalue weighted by molar-refractivity contribution is 0.726. The first-order valence-electron chi connectivity index (χ1n) is 6.64. The molecular formula is C13H22N4. The molecule has 4 nitrogen and oxygen atoms in total. The molecule has 0 aliphatic carbocycles. The summed E-state index contributed by atoms with van der Waals surface area (Å²) in [6, 6.07) is 2.03. The first kappa shape index (κ1) is 12.1. The van der Waals surface area contributed by atoms with Crippen LogP contribution in [0.1, 0.15) is 38.3 Å². The molecule has 0 unspecified atom stereocenters. The summed E-state index contributed by atoms with van der Waals surface area (Å²) in [5.74, 6) is 1.83. The highest BCUT2D eigenvalue weighted by Gasteiger charge is 2.13. The maximum atomic E-state index is 4.64. The number of aromatic nitrogens is 2. The van der Waals surface area contributed by atoms with Gasteiger partial charge in [0.2, 0.25) is 5.95 Å². The maximum absolute atomic E-state index is 4.64. The molecule has 1 aliphatic rings. The molecule has 0 aromatic carbocycles. The first-order valence-corrected chi connectivity index (χ1v) is 6.64. The normalized spacial score (nSPS) is 16.7. The van der Waals surface area contributed by atoms with Gasteiger partial charge in [-0.2, -0.15) is 4.98 Å².